The number of carbonyl (C=O) groups is 2. The maximum atomic E-state index is 12.6. The average molecular weight is 355 g/mol. The Morgan fingerprint density at radius 2 is 1.96 bits per heavy atom. The molecule has 0 saturated carbocycles. The molecule has 0 aromatic heterocycles. The van der Waals surface area contributed by atoms with Gasteiger partial charge in [-0.05, 0) is 25.5 Å². The average Bonchev–Trinajstić information content (AvgIpc) is 2.92. The summed E-state index contributed by atoms with van der Waals surface area (Å²) in [6, 6.07) is 7.37. The van der Waals surface area contributed by atoms with Crippen LogP contribution in [0.15, 0.2) is 30.3 Å². The second kappa shape index (κ2) is 7.65. The van der Waals surface area contributed by atoms with Crippen LogP contribution in [0.3, 0.4) is 0 Å². The number of sulfone groups is 1. The first-order chi connectivity index (χ1) is 11.3. The number of amides is 1. The van der Waals surface area contributed by atoms with E-state index in [2.05, 4.69) is 0 Å². The lowest BCUT2D eigenvalue weighted by atomic mass is 10.1. The summed E-state index contributed by atoms with van der Waals surface area (Å²) in [5.41, 5.74) is 0. The summed E-state index contributed by atoms with van der Waals surface area (Å²) in [7, 11) is -1.96. The van der Waals surface area contributed by atoms with E-state index in [0.717, 1.165) is 0 Å². The Bertz CT molecular complexity index is 688. The van der Waals surface area contributed by atoms with E-state index in [0.29, 0.717) is 12.2 Å². The first kappa shape index (κ1) is 18.3. The van der Waals surface area contributed by atoms with Crippen LogP contribution in [0.4, 0.5) is 0 Å². The zero-order valence-electron chi connectivity index (χ0n) is 13.7. The molecule has 8 heteroatoms. The molecule has 2 atom stereocenters. The summed E-state index contributed by atoms with van der Waals surface area (Å²) in [5.74, 6) is -0.651. The molecule has 0 aliphatic carbocycles. The number of benzene rings is 1. The molecule has 24 heavy (non-hydrogen) atoms. The second-order valence-corrected chi connectivity index (χ2v) is 7.89. The molecule has 0 radical (unpaired) electrons. The van der Waals surface area contributed by atoms with E-state index < -0.39 is 33.8 Å². The SMILES string of the molecule is COC(=O)[C@@H](C)N(C(=O)COc1ccccc1)[C@@H]1CCS(=O)(=O)C1. The molecule has 1 aromatic carbocycles. The lowest BCUT2D eigenvalue weighted by molar-refractivity contribution is -0.154. The summed E-state index contributed by atoms with van der Waals surface area (Å²) in [4.78, 5) is 25.7. The van der Waals surface area contributed by atoms with E-state index in [9.17, 15) is 18.0 Å². The summed E-state index contributed by atoms with van der Waals surface area (Å²) in [5, 5.41) is 0. The monoisotopic (exact) mass is 355 g/mol. The summed E-state index contributed by atoms with van der Waals surface area (Å²) in [6.45, 7) is 1.25. The second-order valence-electron chi connectivity index (χ2n) is 5.66. The van der Waals surface area contributed by atoms with Crippen LogP contribution in [0.2, 0.25) is 0 Å². The topological polar surface area (TPSA) is 90.0 Å². The molecule has 1 heterocycles. The number of hydrogen-bond donors (Lipinski definition) is 0. The normalized spacial score (nSPS) is 20.2. The van der Waals surface area contributed by atoms with Crippen molar-refractivity contribution >= 4 is 21.7 Å². The van der Waals surface area contributed by atoms with Gasteiger partial charge in [0.1, 0.15) is 11.8 Å². The van der Waals surface area contributed by atoms with Gasteiger partial charge in [0, 0.05) is 6.04 Å². The fourth-order valence-electron chi connectivity index (χ4n) is 2.75. The lowest BCUT2D eigenvalue weighted by Crippen LogP contribution is -2.51. The van der Waals surface area contributed by atoms with Crippen molar-refractivity contribution in [3.05, 3.63) is 30.3 Å². The summed E-state index contributed by atoms with van der Waals surface area (Å²) >= 11 is 0. The molecule has 1 aliphatic heterocycles. The van der Waals surface area contributed by atoms with Gasteiger partial charge in [-0.25, -0.2) is 13.2 Å². The predicted octanol–water partition coefficient (Wildman–Crippen LogP) is 0.643. The molecule has 1 aliphatic rings. The van der Waals surface area contributed by atoms with Gasteiger partial charge in [0.05, 0.1) is 18.6 Å². The Morgan fingerprint density at radius 1 is 1.29 bits per heavy atom. The smallest absolute Gasteiger partial charge is 0.328 e. The molecule has 132 valence electrons. The number of esters is 1. The Kier molecular flexibility index (Phi) is 5.82. The van der Waals surface area contributed by atoms with Gasteiger partial charge in [0.25, 0.3) is 5.91 Å². The first-order valence-corrected chi connectivity index (χ1v) is 9.43. The largest absolute Gasteiger partial charge is 0.484 e. The van der Waals surface area contributed by atoms with E-state index in [4.69, 9.17) is 9.47 Å². The standard InChI is InChI=1S/C16H21NO6S/c1-12(16(19)22-2)17(13-8-9-24(20,21)11-13)15(18)10-23-14-6-4-3-5-7-14/h3-7,12-13H,8-11H2,1-2H3/t12-,13-/m1/s1. The third kappa shape index (κ3) is 4.47. The van der Waals surface area contributed by atoms with Gasteiger partial charge in [-0.15, -0.1) is 0 Å². The van der Waals surface area contributed by atoms with Crippen LogP contribution in [-0.4, -0.2) is 62.5 Å². The Balaban J connectivity index is 2.12. The van der Waals surface area contributed by atoms with Crippen molar-refractivity contribution in [1.82, 2.24) is 4.90 Å². The van der Waals surface area contributed by atoms with E-state index in [1.807, 2.05) is 6.07 Å². The number of nitrogens with zero attached hydrogens (tertiary/aromatic N) is 1. The van der Waals surface area contributed by atoms with Gasteiger partial charge >= 0.3 is 5.97 Å². The van der Waals surface area contributed by atoms with Crippen LogP contribution in [-0.2, 0) is 24.2 Å². The first-order valence-electron chi connectivity index (χ1n) is 7.61. The minimum Gasteiger partial charge on any atom is -0.484 e. The highest BCUT2D eigenvalue weighted by molar-refractivity contribution is 7.91. The molecule has 2 rings (SSSR count). The van der Waals surface area contributed by atoms with Crippen LogP contribution in [0, 0.1) is 0 Å². The fraction of sp³-hybridized carbons (Fsp3) is 0.500. The Labute approximate surface area is 141 Å². The fourth-order valence-corrected chi connectivity index (χ4v) is 4.46. The molecule has 7 nitrogen and oxygen atoms in total. The molecule has 0 spiro atoms. The van der Waals surface area contributed by atoms with Gasteiger partial charge in [0.15, 0.2) is 16.4 Å². The van der Waals surface area contributed by atoms with E-state index in [1.54, 1.807) is 24.3 Å². The summed E-state index contributed by atoms with van der Waals surface area (Å²) < 4.78 is 33.6. The van der Waals surface area contributed by atoms with Crippen molar-refractivity contribution in [1.29, 1.82) is 0 Å². The highest BCUT2D eigenvalue weighted by Crippen LogP contribution is 2.21. The maximum Gasteiger partial charge on any atom is 0.328 e. The van der Waals surface area contributed by atoms with Gasteiger partial charge in [-0.3, -0.25) is 4.79 Å². The van der Waals surface area contributed by atoms with Crippen molar-refractivity contribution in [3.63, 3.8) is 0 Å². The van der Waals surface area contributed by atoms with Crippen molar-refractivity contribution in [3.8, 4) is 5.75 Å². The number of ether oxygens (including phenoxy) is 2. The van der Waals surface area contributed by atoms with Crippen LogP contribution in [0.25, 0.3) is 0 Å². The maximum absolute atomic E-state index is 12.6. The van der Waals surface area contributed by atoms with Crippen molar-refractivity contribution in [2.75, 3.05) is 25.2 Å². The van der Waals surface area contributed by atoms with Crippen LogP contribution in [0.1, 0.15) is 13.3 Å². The lowest BCUT2D eigenvalue weighted by Gasteiger charge is -2.32. The Morgan fingerprint density at radius 3 is 2.50 bits per heavy atom. The molecule has 1 amide bonds. The molecule has 1 saturated heterocycles. The van der Waals surface area contributed by atoms with Crippen LogP contribution < -0.4 is 4.74 Å². The number of hydrogen-bond acceptors (Lipinski definition) is 6. The molecule has 0 unspecified atom stereocenters. The van der Waals surface area contributed by atoms with E-state index >= 15 is 0 Å². The Hall–Kier alpha value is -2.09. The molecule has 0 bridgehead atoms. The van der Waals surface area contributed by atoms with Crippen molar-refractivity contribution in [2.24, 2.45) is 0 Å². The van der Waals surface area contributed by atoms with Crippen molar-refractivity contribution < 1.29 is 27.5 Å². The minimum absolute atomic E-state index is 0.00881. The highest BCUT2D eigenvalue weighted by Gasteiger charge is 2.39. The molecule has 1 fully saturated rings. The van der Waals surface area contributed by atoms with Crippen LogP contribution >= 0.6 is 0 Å². The number of rotatable bonds is 6. The molecule has 0 N–H and O–H groups in total. The zero-order chi connectivity index (χ0) is 17.7. The quantitative estimate of drug-likeness (QED) is 0.696. The summed E-state index contributed by atoms with van der Waals surface area (Å²) in [6.07, 6.45) is 0.306. The molecule has 1 aromatic rings. The molecular formula is C16H21NO6S. The number of carbonyl (C=O) groups excluding carboxylic acids is 2. The van der Waals surface area contributed by atoms with E-state index in [1.165, 1.54) is 18.9 Å². The van der Waals surface area contributed by atoms with Crippen molar-refractivity contribution in [2.45, 2.75) is 25.4 Å². The van der Waals surface area contributed by atoms with Gasteiger partial charge < -0.3 is 14.4 Å². The minimum atomic E-state index is -3.19. The highest BCUT2D eigenvalue weighted by atomic mass is 32.2. The van der Waals surface area contributed by atoms with Crippen LogP contribution in [0.5, 0.6) is 5.75 Å². The van der Waals surface area contributed by atoms with Gasteiger partial charge in [-0.2, -0.15) is 0 Å². The number of para-hydroxylation sites is 1. The third-order valence-corrected chi connectivity index (χ3v) is 5.71. The molecular weight excluding hydrogens is 334 g/mol. The third-order valence-electron chi connectivity index (χ3n) is 3.95. The zero-order valence-corrected chi connectivity index (χ0v) is 14.5. The predicted molar refractivity (Wildman–Crippen MR) is 87.3 cm³/mol. The number of methoxy groups -OCH3 is 1. The van der Waals surface area contributed by atoms with Gasteiger partial charge in [0.2, 0.25) is 0 Å². The van der Waals surface area contributed by atoms with E-state index in [-0.39, 0.29) is 18.1 Å². The van der Waals surface area contributed by atoms with Gasteiger partial charge in [-0.1, -0.05) is 18.2 Å².